The molecule has 1 atom stereocenters. The van der Waals surface area contributed by atoms with Gasteiger partial charge in [-0.1, -0.05) is 140 Å². The Hall–Kier alpha value is -6.62. The standard InChI is InChI=1S/C53H44N4/c1-55-33-11-16-41(35-55)40-14-8-13-39(34-40)36-24-28-42(29-25-36)56-48-21-5-2-17-45(48)51-46-18-3-6-22-49(46)57(53(51)47-19-4-7-23-50(47)56)43-30-26-37(27-31-43)44-20-9-12-38-15-10-32-54-52(38)44/h2-10,12-28,30-31,34,42,54H,11,29,32-33,35H2,1H3. The lowest BCUT2D eigenvalue weighted by Crippen LogP contribution is -2.30. The van der Waals surface area contributed by atoms with Crippen LogP contribution >= 0.6 is 0 Å². The van der Waals surface area contributed by atoms with Crippen LogP contribution < -0.4 is 10.2 Å². The van der Waals surface area contributed by atoms with E-state index in [0.29, 0.717) is 0 Å². The molecule has 0 spiro atoms. The van der Waals surface area contributed by atoms with Gasteiger partial charge in [0.15, 0.2) is 0 Å². The topological polar surface area (TPSA) is 23.4 Å². The zero-order chi connectivity index (χ0) is 37.9. The number of allylic oxidation sites excluding steroid dienone is 2. The Bertz CT molecular complexity index is 2830. The van der Waals surface area contributed by atoms with E-state index in [1.165, 1.54) is 89.3 Å². The van der Waals surface area contributed by atoms with Crippen molar-refractivity contribution in [2.75, 3.05) is 36.9 Å². The molecule has 1 unspecified atom stereocenters. The molecule has 11 rings (SSSR count). The number of benzene rings is 6. The lowest BCUT2D eigenvalue weighted by Gasteiger charge is -2.34. The predicted molar refractivity (Wildman–Crippen MR) is 241 cm³/mol. The van der Waals surface area contributed by atoms with Crippen LogP contribution in [-0.2, 0) is 0 Å². The van der Waals surface area contributed by atoms with Crippen molar-refractivity contribution >= 4 is 45.2 Å². The molecular formula is C53H44N4. The summed E-state index contributed by atoms with van der Waals surface area (Å²) < 4.78 is 2.50. The van der Waals surface area contributed by atoms with E-state index in [-0.39, 0.29) is 6.04 Å². The van der Waals surface area contributed by atoms with Gasteiger partial charge >= 0.3 is 0 Å². The minimum Gasteiger partial charge on any atom is -0.381 e. The maximum atomic E-state index is 3.61. The van der Waals surface area contributed by atoms with Crippen LogP contribution in [-0.4, -0.2) is 42.2 Å². The van der Waals surface area contributed by atoms with Gasteiger partial charge in [0.1, 0.15) is 0 Å². The SMILES string of the molecule is CN1CCC=C(c2cccc(C3=CCC(N4c5ccccc5-c5c(n(-c6ccc(-c7cccc8c7NCC=C8)cc6)c6ccccc56)-c5ccccc54)C=C3)c2)C1. The van der Waals surface area contributed by atoms with Gasteiger partial charge in [-0.25, -0.2) is 0 Å². The van der Waals surface area contributed by atoms with Crippen molar-refractivity contribution in [3.63, 3.8) is 0 Å². The van der Waals surface area contributed by atoms with Crippen LogP contribution in [0.15, 0.2) is 170 Å². The fourth-order valence-electron chi connectivity index (χ4n) is 9.60. The number of nitrogens with one attached hydrogen (secondary N) is 1. The number of likely N-dealkylation sites (N-methyl/N-ethyl adjacent to an activating group) is 1. The van der Waals surface area contributed by atoms with E-state index >= 15 is 0 Å². The summed E-state index contributed by atoms with van der Waals surface area (Å²) in [5.74, 6) is 0. The highest BCUT2D eigenvalue weighted by molar-refractivity contribution is 6.12. The number of aromatic nitrogens is 1. The molecular weight excluding hydrogens is 693 g/mol. The van der Waals surface area contributed by atoms with Crippen LogP contribution in [0.3, 0.4) is 0 Å². The third-order valence-electron chi connectivity index (χ3n) is 12.3. The van der Waals surface area contributed by atoms with E-state index in [4.69, 9.17) is 0 Å². The second kappa shape index (κ2) is 13.8. The Kier molecular flexibility index (Phi) is 8.18. The molecule has 4 nitrogen and oxygen atoms in total. The summed E-state index contributed by atoms with van der Waals surface area (Å²) in [6.45, 7) is 2.98. The first-order valence-electron chi connectivity index (χ1n) is 20.3. The molecule has 0 fully saturated rings. The van der Waals surface area contributed by atoms with Gasteiger partial charge in [0.2, 0.25) is 0 Å². The second-order valence-corrected chi connectivity index (χ2v) is 15.7. The number of hydrogen-bond acceptors (Lipinski definition) is 3. The predicted octanol–water partition coefficient (Wildman–Crippen LogP) is 12.7. The smallest absolute Gasteiger partial charge is 0.0641 e. The number of anilines is 3. The van der Waals surface area contributed by atoms with Crippen molar-refractivity contribution in [2.24, 2.45) is 0 Å². The first-order valence-corrected chi connectivity index (χ1v) is 20.3. The van der Waals surface area contributed by atoms with Gasteiger partial charge in [-0.2, -0.15) is 0 Å². The number of para-hydroxylation sites is 4. The van der Waals surface area contributed by atoms with Gasteiger partial charge in [-0.05, 0) is 89.7 Å². The van der Waals surface area contributed by atoms with E-state index < -0.39 is 0 Å². The molecule has 6 aromatic carbocycles. The molecule has 0 bridgehead atoms. The van der Waals surface area contributed by atoms with E-state index in [1.807, 2.05) is 0 Å². The van der Waals surface area contributed by atoms with E-state index in [2.05, 4.69) is 203 Å². The van der Waals surface area contributed by atoms with Gasteiger partial charge < -0.3 is 19.7 Å². The average Bonchev–Trinajstić information content (AvgIpc) is 3.55. The molecule has 57 heavy (non-hydrogen) atoms. The summed E-state index contributed by atoms with van der Waals surface area (Å²) in [7, 11) is 2.22. The normalized spacial score (nSPS) is 17.1. The molecule has 4 aliphatic rings. The summed E-state index contributed by atoms with van der Waals surface area (Å²) in [6, 6.07) is 52.0. The van der Waals surface area contributed by atoms with Gasteiger partial charge in [-0.15, -0.1) is 0 Å². The zero-order valence-electron chi connectivity index (χ0n) is 32.2. The molecule has 0 amide bonds. The van der Waals surface area contributed by atoms with E-state index in [0.717, 1.165) is 38.2 Å². The van der Waals surface area contributed by atoms with Gasteiger partial charge in [0.05, 0.1) is 22.9 Å². The Labute approximate surface area is 335 Å². The molecule has 1 N–H and O–H groups in total. The Morgan fingerprint density at radius 2 is 1.40 bits per heavy atom. The van der Waals surface area contributed by atoms with Crippen molar-refractivity contribution in [2.45, 2.75) is 18.9 Å². The highest BCUT2D eigenvalue weighted by Gasteiger charge is 2.33. The van der Waals surface area contributed by atoms with Gasteiger partial charge in [-0.3, -0.25) is 0 Å². The van der Waals surface area contributed by atoms with Crippen molar-refractivity contribution in [1.82, 2.24) is 9.47 Å². The lowest BCUT2D eigenvalue weighted by molar-refractivity contribution is 0.373. The Morgan fingerprint density at radius 1 is 0.649 bits per heavy atom. The van der Waals surface area contributed by atoms with Crippen LogP contribution in [0.5, 0.6) is 0 Å². The summed E-state index contributed by atoms with van der Waals surface area (Å²) in [5.41, 5.74) is 20.0. The zero-order valence-corrected chi connectivity index (χ0v) is 32.2. The van der Waals surface area contributed by atoms with Crippen LogP contribution in [0.4, 0.5) is 17.1 Å². The molecule has 276 valence electrons. The monoisotopic (exact) mass is 736 g/mol. The van der Waals surface area contributed by atoms with E-state index in [1.54, 1.807) is 0 Å². The van der Waals surface area contributed by atoms with Crippen LogP contribution in [0.25, 0.3) is 67.3 Å². The maximum absolute atomic E-state index is 3.61. The first kappa shape index (κ1) is 33.7. The second-order valence-electron chi connectivity index (χ2n) is 15.7. The fourth-order valence-corrected chi connectivity index (χ4v) is 9.60. The molecule has 0 saturated heterocycles. The number of fused-ring (bicyclic) bond motifs is 8. The third-order valence-corrected chi connectivity index (χ3v) is 12.3. The fraction of sp³-hybridized carbons (Fsp3) is 0.132. The van der Waals surface area contributed by atoms with E-state index in [9.17, 15) is 0 Å². The number of nitrogens with zero attached hydrogens (tertiary/aromatic N) is 3. The lowest BCUT2D eigenvalue weighted by atomic mass is 9.92. The largest absolute Gasteiger partial charge is 0.381 e. The number of hydrogen-bond donors (Lipinski definition) is 1. The van der Waals surface area contributed by atoms with Crippen molar-refractivity contribution in [3.05, 3.63) is 187 Å². The van der Waals surface area contributed by atoms with Crippen LogP contribution in [0.1, 0.15) is 29.5 Å². The average molecular weight is 737 g/mol. The molecule has 1 aromatic heterocycles. The minimum atomic E-state index is 0.150. The molecule has 3 aliphatic heterocycles. The Balaban J connectivity index is 1.01. The molecule has 0 saturated carbocycles. The quantitative estimate of drug-likeness (QED) is 0.190. The maximum Gasteiger partial charge on any atom is 0.0641 e. The highest BCUT2D eigenvalue weighted by Crippen LogP contribution is 2.53. The summed E-state index contributed by atoms with van der Waals surface area (Å²) >= 11 is 0. The summed E-state index contributed by atoms with van der Waals surface area (Å²) in [4.78, 5) is 5.00. The van der Waals surface area contributed by atoms with Gasteiger partial charge in [0, 0.05) is 64.3 Å². The highest BCUT2D eigenvalue weighted by atomic mass is 15.2. The van der Waals surface area contributed by atoms with Crippen molar-refractivity contribution in [1.29, 1.82) is 0 Å². The Morgan fingerprint density at radius 3 is 2.25 bits per heavy atom. The molecule has 4 heteroatoms. The van der Waals surface area contributed by atoms with Crippen LogP contribution in [0, 0.1) is 0 Å². The minimum absolute atomic E-state index is 0.150. The summed E-state index contributed by atoms with van der Waals surface area (Å²) in [5, 5.41) is 4.87. The van der Waals surface area contributed by atoms with Gasteiger partial charge in [0.25, 0.3) is 0 Å². The molecule has 7 aromatic rings. The van der Waals surface area contributed by atoms with Crippen LogP contribution in [0.2, 0.25) is 0 Å². The molecule has 0 radical (unpaired) electrons. The molecule has 4 heterocycles. The first-order chi connectivity index (χ1) is 28.2. The van der Waals surface area contributed by atoms with Crippen molar-refractivity contribution in [3.8, 4) is 39.2 Å². The number of rotatable bonds is 5. The molecule has 1 aliphatic carbocycles. The summed E-state index contributed by atoms with van der Waals surface area (Å²) in [6.07, 6.45) is 16.1. The van der Waals surface area contributed by atoms with Crippen molar-refractivity contribution < 1.29 is 0 Å². The third kappa shape index (κ3) is 5.71.